The van der Waals surface area contributed by atoms with Crippen molar-refractivity contribution < 1.29 is 25.2 Å². The molecule has 1 aromatic carbocycles. The highest BCUT2D eigenvalue weighted by Gasteiger charge is 2.36. The molecule has 18 heavy (non-hydrogen) atoms. The topological polar surface area (TPSA) is 116 Å². The van der Waals surface area contributed by atoms with Crippen LogP contribution in [0.15, 0.2) is 30.3 Å². The SMILES string of the molecule is Nc1ccccc1.OC[C@H]1OC[C@H](O)[C@@H](O)[C@@H]1O. The highest BCUT2D eigenvalue weighted by molar-refractivity contribution is 5.35. The van der Waals surface area contributed by atoms with Gasteiger partial charge in [0.1, 0.15) is 24.4 Å². The van der Waals surface area contributed by atoms with Gasteiger partial charge in [-0.25, -0.2) is 0 Å². The minimum absolute atomic E-state index is 0.0521. The standard InChI is InChI=1S/C6H7N.C6H12O5/c7-6-4-2-1-3-5-6;7-1-4-6(10)5(9)3(8)2-11-4/h1-5H,7H2;3-10H,1-2H2/t;3-,4+,5+,6+/m.0/s1. The van der Waals surface area contributed by atoms with E-state index in [0.717, 1.165) is 5.69 Å². The predicted octanol–water partition coefficient (Wildman–Crippen LogP) is -1.27. The monoisotopic (exact) mass is 257 g/mol. The van der Waals surface area contributed by atoms with Gasteiger partial charge in [-0.2, -0.15) is 0 Å². The van der Waals surface area contributed by atoms with Gasteiger partial charge in [0, 0.05) is 5.69 Å². The second-order valence-electron chi connectivity index (χ2n) is 4.01. The van der Waals surface area contributed by atoms with E-state index in [-0.39, 0.29) is 13.2 Å². The van der Waals surface area contributed by atoms with Crippen molar-refractivity contribution in [3.05, 3.63) is 30.3 Å². The summed E-state index contributed by atoms with van der Waals surface area (Å²) >= 11 is 0. The van der Waals surface area contributed by atoms with Crippen molar-refractivity contribution in [3.63, 3.8) is 0 Å². The zero-order valence-corrected chi connectivity index (χ0v) is 9.88. The van der Waals surface area contributed by atoms with E-state index in [2.05, 4.69) is 0 Å². The van der Waals surface area contributed by atoms with Crippen LogP contribution in [0.4, 0.5) is 5.69 Å². The van der Waals surface area contributed by atoms with Gasteiger partial charge in [0.25, 0.3) is 0 Å². The van der Waals surface area contributed by atoms with E-state index in [4.69, 9.17) is 30.9 Å². The van der Waals surface area contributed by atoms with Crippen LogP contribution in [0.5, 0.6) is 0 Å². The number of aliphatic hydroxyl groups is 4. The van der Waals surface area contributed by atoms with Gasteiger partial charge in [-0.1, -0.05) is 18.2 Å². The van der Waals surface area contributed by atoms with Crippen molar-refractivity contribution in [1.82, 2.24) is 0 Å². The molecule has 6 N–H and O–H groups in total. The Kier molecular flexibility index (Phi) is 6.03. The number of ether oxygens (including phenoxy) is 1. The van der Waals surface area contributed by atoms with Crippen LogP contribution in [0.3, 0.4) is 0 Å². The average molecular weight is 257 g/mol. The van der Waals surface area contributed by atoms with Crippen LogP contribution in [0.25, 0.3) is 0 Å². The molecule has 0 aromatic heterocycles. The maximum absolute atomic E-state index is 9.11. The van der Waals surface area contributed by atoms with Gasteiger partial charge in [0.2, 0.25) is 0 Å². The van der Waals surface area contributed by atoms with Crippen LogP contribution >= 0.6 is 0 Å². The number of rotatable bonds is 1. The van der Waals surface area contributed by atoms with E-state index >= 15 is 0 Å². The zero-order chi connectivity index (χ0) is 13.5. The third kappa shape index (κ3) is 4.25. The first-order chi connectivity index (χ1) is 8.56. The number of nitrogens with two attached hydrogens (primary N) is 1. The van der Waals surface area contributed by atoms with Crippen LogP contribution in [-0.2, 0) is 4.74 Å². The van der Waals surface area contributed by atoms with Crippen LogP contribution in [-0.4, -0.2) is 58.1 Å². The lowest BCUT2D eigenvalue weighted by molar-refractivity contribution is -0.195. The molecule has 0 saturated carbocycles. The molecule has 102 valence electrons. The summed E-state index contributed by atoms with van der Waals surface area (Å²) in [6, 6.07) is 9.49. The Labute approximate surface area is 105 Å². The summed E-state index contributed by atoms with van der Waals surface area (Å²) in [5.74, 6) is 0. The number of nitrogen functional groups attached to an aromatic ring is 1. The first kappa shape index (κ1) is 14.9. The first-order valence-corrected chi connectivity index (χ1v) is 5.63. The summed E-state index contributed by atoms with van der Waals surface area (Å²) in [4.78, 5) is 0. The molecule has 1 heterocycles. The Morgan fingerprint density at radius 1 is 1.11 bits per heavy atom. The molecule has 6 heteroatoms. The molecule has 0 amide bonds. The number of anilines is 1. The molecule has 1 aromatic rings. The Hall–Kier alpha value is -1.18. The molecule has 1 fully saturated rings. The summed E-state index contributed by atoms with van der Waals surface area (Å²) in [7, 11) is 0. The summed E-state index contributed by atoms with van der Waals surface area (Å²) in [6.07, 6.45) is -4.27. The van der Waals surface area contributed by atoms with Crippen LogP contribution < -0.4 is 5.73 Å². The fourth-order valence-electron chi connectivity index (χ4n) is 1.48. The van der Waals surface area contributed by atoms with Gasteiger partial charge in [-0.05, 0) is 12.1 Å². The second-order valence-corrected chi connectivity index (χ2v) is 4.01. The Morgan fingerprint density at radius 2 is 1.72 bits per heavy atom. The number of para-hydroxylation sites is 1. The molecule has 6 nitrogen and oxygen atoms in total. The predicted molar refractivity (Wildman–Crippen MR) is 65.7 cm³/mol. The minimum Gasteiger partial charge on any atom is -0.399 e. The van der Waals surface area contributed by atoms with Gasteiger partial charge in [-0.15, -0.1) is 0 Å². The molecule has 0 radical (unpaired) electrons. The second kappa shape index (κ2) is 7.30. The van der Waals surface area contributed by atoms with E-state index in [1.54, 1.807) is 0 Å². The molecule has 2 rings (SSSR count). The molecular weight excluding hydrogens is 238 g/mol. The fourth-order valence-corrected chi connectivity index (χ4v) is 1.48. The lowest BCUT2D eigenvalue weighted by Gasteiger charge is -2.34. The Morgan fingerprint density at radius 3 is 2.17 bits per heavy atom. The van der Waals surface area contributed by atoms with Crippen LogP contribution in [0, 0.1) is 0 Å². The average Bonchev–Trinajstić information content (AvgIpc) is 2.38. The summed E-state index contributed by atoms with van der Waals surface area (Å²) < 4.78 is 4.81. The van der Waals surface area contributed by atoms with Crippen molar-refractivity contribution >= 4 is 5.69 Å². The molecule has 4 atom stereocenters. The van der Waals surface area contributed by atoms with Crippen molar-refractivity contribution in [2.45, 2.75) is 24.4 Å². The first-order valence-electron chi connectivity index (χ1n) is 5.63. The summed E-state index contributed by atoms with van der Waals surface area (Å²) in [6.45, 7) is -0.408. The molecule has 0 bridgehead atoms. The number of aliphatic hydroxyl groups excluding tert-OH is 4. The molecule has 0 unspecified atom stereocenters. The third-order valence-electron chi connectivity index (χ3n) is 2.59. The minimum atomic E-state index is -1.22. The number of hydrogen-bond donors (Lipinski definition) is 5. The maximum atomic E-state index is 9.11. The molecule has 0 spiro atoms. The number of benzene rings is 1. The molecule has 1 aliphatic heterocycles. The maximum Gasteiger partial charge on any atom is 0.111 e. The molecule has 0 aliphatic carbocycles. The third-order valence-corrected chi connectivity index (χ3v) is 2.59. The van der Waals surface area contributed by atoms with E-state index in [9.17, 15) is 0 Å². The van der Waals surface area contributed by atoms with Gasteiger partial charge >= 0.3 is 0 Å². The van der Waals surface area contributed by atoms with Gasteiger partial charge in [0.15, 0.2) is 0 Å². The summed E-state index contributed by atoms with van der Waals surface area (Å²) in [5, 5.41) is 35.7. The lowest BCUT2D eigenvalue weighted by atomic mass is 10.0. The van der Waals surface area contributed by atoms with E-state index in [1.807, 2.05) is 30.3 Å². The van der Waals surface area contributed by atoms with Gasteiger partial charge in [-0.3, -0.25) is 0 Å². The van der Waals surface area contributed by atoms with E-state index in [1.165, 1.54) is 0 Å². The Balaban J connectivity index is 0.000000199. The van der Waals surface area contributed by atoms with Crippen molar-refractivity contribution in [1.29, 1.82) is 0 Å². The zero-order valence-electron chi connectivity index (χ0n) is 9.88. The summed E-state index contributed by atoms with van der Waals surface area (Å²) in [5.41, 5.74) is 6.18. The van der Waals surface area contributed by atoms with Crippen molar-refractivity contribution in [2.24, 2.45) is 0 Å². The smallest absolute Gasteiger partial charge is 0.111 e. The molecular formula is C12H19NO5. The normalized spacial score (nSPS) is 31.3. The fraction of sp³-hybridized carbons (Fsp3) is 0.500. The van der Waals surface area contributed by atoms with Crippen molar-refractivity contribution in [2.75, 3.05) is 18.9 Å². The number of hydrogen-bond acceptors (Lipinski definition) is 6. The van der Waals surface area contributed by atoms with Crippen LogP contribution in [0.2, 0.25) is 0 Å². The van der Waals surface area contributed by atoms with E-state index in [0.29, 0.717) is 0 Å². The van der Waals surface area contributed by atoms with Gasteiger partial charge in [0.05, 0.1) is 13.2 Å². The highest BCUT2D eigenvalue weighted by Crippen LogP contribution is 2.14. The van der Waals surface area contributed by atoms with Crippen molar-refractivity contribution in [3.8, 4) is 0 Å². The van der Waals surface area contributed by atoms with Crippen LogP contribution in [0.1, 0.15) is 0 Å². The largest absolute Gasteiger partial charge is 0.399 e. The van der Waals surface area contributed by atoms with Gasteiger partial charge < -0.3 is 30.9 Å². The quantitative estimate of drug-likeness (QED) is 0.401. The lowest BCUT2D eigenvalue weighted by Crippen LogP contribution is -2.53. The Bertz CT molecular complexity index is 332. The van der Waals surface area contributed by atoms with E-state index < -0.39 is 24.4 Å². The molecule has 1 aliphatic rings. The molecule has 1 saturated heterocycles. The highest BCUT2D eigenvalue weighted by atomic mass is 16.5.